The van der Waals surface area contributed by atoms with E-state index in [9.17, 15) is 8.42 Å². The summed E-state index contributed by atoms with van der Waals surface area (Å²) < 4.78 is 37.3. The van der Waals surface area contributed by atoms with Crippen molar-refractivity contribution in [2.24, 2.45) is 0 Å². The van der Waals surface area contributed by atoms with Crippen molar-refractivity contribution in [2.75, 3.05) is 11.5 Å². The van der Waals surface area contributed by atoms with E-state index in [1.54, 1.807) is 23.6 Å². The molecule has 20 heavy (non-hydrogen) atoms. The maximum Gasteiger partial charge on any atom is 0.271 e. The molecule has 0 aliphatic carbocycles. The summed E-state index contributed by atoms with van der Waals surface area (Å²) in [6.07, 6.45) is 0. The van der Waals surface area contributed by atoms with Crippen LogP contribution in [0.4, 0.5) is 5.69 Å². The fourth-order valence-corrected chi connectivity index (χ4v) is 3.99. The summed E-state index contributed by atoms with van der Waals surface area (Å²) in [5, 5.41) is 10.6. The number of rotatable bonds is 4. The first-order valence-corrected chi connectivity index (χ1v) is 8.05. The van der Waals surface area contributed by atoms with Crippen LogP contribution in [0.3, 0.4) is 0 Å². The molecule has 8 heteroatoms. The van der Waals surface area contributed by atoms with Gasteiger partial charge in [-0.3, -0.25) is 4.72 Å². The molecule has 3 rings (SSSR count). The van der Waals surface area contributed by atoms with Crippen LogP contribution in [0.5, 0.6) is 11.5 Å². The van der Waals surface area contributed by atoms with Crippen molar-refractivity contribution in [3.8, 4) is 11.5 Å². The zero-order valence-electron chi connectivity index (χ0n) is 10.2. The van der Waals surface area contributed by atoms with Gasteiger partial charge in [-0.1, -0.05) is 0 Å². The van der Waals surface area contributed by atoms with Gasteiger partial charge in [0.15, 0.2) is 11.5 Å². The summed E-state index contributed by atoms with van der Waals surface area (Å²) in [5.41, 5.74) is 0.967. The number of aliphatic hydroxyl groups excluding tert-OH is 1. The van der Waals surface area contributed by atoms with Gasteiger partial charge in [0.1, 0.15) is 4.21 Å². The monoisotopic (exact) mass is 313 g/mol. The molecule has 0 atom stereocenters. The third-order valence-corrected chi connectivity index (χ3v) is 5.57. The van der Waals surface area contributed by atoms with Gasteiger partial charge in [0.25, 0.3) is 10.0 Å². The van der Waals surface area contributed by atoms with Crippen LogP contribution in [0.15, 0.2) is 33.9 Å². The van der Waals surface area contributed by atoms with Crippen LogP contribution >= 0.6 is 11.3 Å². The number of fused-ring (bicyclic) bond motifs is 1. The minimum absolute atomic E-state index is 0.135. The van der Waals surface area contributed by atoms with Crippen LogP contribution in [0, 0.1) is 0 Å². The predicted octanol–water partition coefficient (Wildman–Crippen LogP) is 1.77. The second-order valence-corrected chi connectivity index (χ2v) is 6.93. The van der Waals surface area contributed by atoms with Gasteiger partial charge in [-0.2, -0.15) is 0 Å². The molecule has 2 aromatic rings. The Morgan fingerprint density at radius 2 is 2.05 bits per heavy atom. The number of thiophene rings is 1. The highest BCUT2D eigenvalue weighted by Crippen LogP contribution is 2.35. The Morgan fingerprint density at radius 1 is 1.25 bits per heavy atom. The highest BCUT2D eigenvalue weighted by molar-refractivity contribution is 7.94. The third-order valence-electron chi connectivity index (χ3n) is 2.70. The Kier molecular flexibility index (Phi) is 3.28. The minimum atomic E-state index is -3.66. The van der Waals surface area contributed by atoms with Crippen molar-refractivity contribution >= 4 is 27.0 Å². The summed E-state index contributed by atoms with van der Waals surface area (Å²) >= 11 is 1.06. The molecule has 0 saturated heterocycles. The molecule has 106 valence electrons. The Labute approximate surface area is 119 Å². The van der Waals surface area contributed by atoms with Crippen molar-refractivity contribution in [2.45, 2.75) is 10.8 Å². The van der Waals surface area contributed by atoms with Crippen LogP contribution < -0.4 is 14.2 Å². The van der Waals surface area contributed by atoms with Gasteiger partial charge in [-0.05, 0) is 29.1 Å². The summed E-state index contributed by atoms with van der Waals surface area (Å²) in [5.74, 6) is 1.10. The zero-order chi connectivity index (χ0) is 14.2. The van der Waals surface area contributed by atoms with E-state index in [-0.39, 0.29) is 17.6 Å². The van der Waals surface area contributed by atoms with Crippen molar-refractivity contribution in [1.29, 1.82) is 0 Å². The number of sulfonamides is 1. The van der Waals surface area contributed by atoms with Crippen molar-refractivity contribution < 1.29 is 23.0 Å². The highest BCUT2D eigenvalue weighted by Gasteiger charge is 2.19. The van der Waals surface area contributed by atoms with Gasteiger partial charge < -0.3 is 14.6 Å². The molecule has 0 fully saturated rings. The van der Waals surface area contributed by atoms with E-state index >= 15 is 0 Å². The van der Waals surface area contributed by atoms with Crippen molar-refractivity contribution in [3.63, 3.8) is 0 Å². The maximum absolute atomic E-state index is 12.2. The molecule has 1 aliphatic rings. The van der Waals surface area contributed by atoms with E-state index < -0.39 is 10.0 Å². The first-order valence-electron chi connectivity index (χ1n) is 5.69. The van der Waals surface area contributed by atoms with Crippen LogP contribution in [-0.4, -0.2) is 20.3 Å². The van der Waals surface area contributed by atoms with Gasteiger partial charge in [-0.25, -0.2) is 8.42 Å². The normalized spacial score (nSPS) is 13.4. The number of aliphatic hydroxyl groups is 1. The minimum Gasteiger partial charge on any atom is -0.454 e. The fourth-order valence-electron chi connectivity index (χ4n) is 1.74. The molecule has 1 aromatic carbocycles. The smallest absolute Gasteiger partial charge is 0.271 e. The highest BCUT2D eigenvalue weighted by atomic mass is 32.2. The molecule has 2 N–H and O–H groups in total. The van der Waals surface area contributed by atoms with Gasteiger partial charge in [0.05, 0.1) is 12.3 Å². The molecular formula is C12H11NO5S2. The van der Waals surface area contributed by atoms with Crippen LogP contribution in [0.2, 0.25) is 0 Å². The first-order chi connectivity index (χ1) is 9.58. The maximum atomic E-state index is 12.2. The quantitative estimate of drug-likeness (QED) is 0.898. The molecule has 0 unspecified atom stereocenters. The zero-order valence-corrected chi connectivity index (χ0v) is 11.8. The first kappa shape index (κ1) is 13.2. The molecular weight excluding hydrogens is 302 g/mol. The molecule has 2 heterocycles. The molecule has 1 aromatic heterocycles. The molecule has 0 spiro atoms. The van der Waals surface area contributed by atoms with Crippen LogP contribution in [-0.2, 0) is 16.6 Å². The van der Waals surface area contributed by atoms with Crippen molar-refractivity contribution in [1.82, 2.24) is 0 Å². The van der Waals surface area contributed by atoms with E-state index in [1.807, 2.05) is 0 Å². The molecule has 1 aliphatic heterocycles. The third kappa shape index (κ3) is 2.45. The average Bonchev–Trinajstić information content (AvgIpc) is 3.06. The van der Waals surface area contributed by atoms with Gasteiger partial charge in [0, 0.05) is 6.07 Å². The van der Waals surface area contributed by atoms with E-state index in [0.717, 1.165) is 11.3 Å². The predicted molar refractivity (Wildman–Crippen MR) is 73.6 cm³/mol. The number of ether oxygens (including phenoxy) is 2. The topological polar surface area (TPSA) is 84.9 Å². The Morgan fingerprint density at radius 3 is 2.80 bits per heavy atom. The second kappa shape index (κ2) is 4.97. The Balaban J connectivity index is 1.86. The fraction of sp³-hybridized carbons (Fsp3) is 0.167. The van der Waals surface area contributed by atoms with Gasteiger partial charge in [0.2, 0.25) is 6.79 Å². The average molecular weight is 313 g/mol. The largest absolute Gasteiger partial charge is 0.454 e. The number of hydrogen-bond donors (Lipinski definition) is 2. The molecule has 0 bridgehead atoms. The lowest BCUT2D eigenvalue weighted by atomic mass is 10.3. The van der Waals surface area contributed by atoms with E-state index in [0.29, 0.717) is 22.7 Å². The second-order valence-electron chi connectivity index (χ2n) is 4.11. The SMILES string of the molecule is O=S(=O)(Nc1ccc2c(c1)OCO2)c1cc(CO)cs1. The van der Waals surface area contributed by atoms with Crippen LogP contribution in [0.1, 0.15) is 5.56 Å². The molecule has 0 radical (unpaired) electrons. The van der Waals surface area contributed by atoms with Crippen LogP contribution in [0.25, 0.3) is 0 Å². The lowest BCUT2D eigenvalue weighted by molar-refractivity contribution is 0.174. The van der Waals surface area contributed by atoms with Crippen molar-refractivity contribution in [3.05, 3.63) is 35.2 Å². The lowest BCUT2D eigenvalue weighted by Gasteiger charge is -2.06. The lowest BCUT2D eigenvalue weighted by Crippen LogP contribution is -2.11. The van der Waals surface area contributed by atoms with E-state index in [1.165, 1.54) is 6.07 Å². The van der Waals surface area contributed by atoms with Gasteiger partial charge in [-0.15, -0.1) is 11.3 Å². The number of nitrogens with one attached hydrogen (secondary N) is 1. The number of benzene rings is 1. The summed E-state index contributed by atoms with van der Waals surface area (Å²) in [6, 6.07) is 6.26. The molecule has 6 nitrogen and oxygen atoms in total. The van der Waals surface area contributed by atoms with Gasteiger partial charge >= 0.3 is 0 Å². The van der Waals surface area contributed by atoms with E-state index in [2.05, 4.69) is 4.72 Å². The number of anilines is 1. The molecule has 0 amide bonds. The molecule has 0 saturated carbocycles. The van der Waals surface area contributed by atoms with E-state index in [4.69, 9.17) is 14.6 Å². The summed E-state index contributed by atoms with van der Waals surface area (Å²) in [7, 11) is -3.66. The Hall–Kier alpha value is -1.77. The number of hydrogen-bond acceptors (Lipinski definition) is 6. The summed E-state index contributed by atoms with van der Waals surface area (Å²) in [4.78, 5) is 0. The standard InChI is InChI=1S/C12H11NO5S2/c14-5-8-3-12(19-6-8)20(15,16)13-9-1-2-10-11(4-9)18-7-17-10/h1-4,6,13-14H,5,7H2. The summed E-state index contributed by atoms with van der Waals surface area (Å²) in [6.45, 7) is -0.0492. The Bertz CT molecular complexity index is 738.